The average molecular weight is 354 g/mol. The number of aryl methyl sites for hydroxylation is 2. The SMILES string of the molecule is Cc1cccnc1CN1C[C@@H](F)[C@@H](OCc2nc3ccccc3n2C)C1. The fraction of sp³-hybridized carbons (Fsp3) is 0.400. The number of benzene rings is 1. The monoisotopic (exact) mass is 354 g/mol. The molecular weight excluding hydrogens is 331 g/mol. The lowest BCUT2D eigenvalue weighted by molar-refractivity contribution is 0.00747. The van der Waals surface area contributed by atoms with Gasteiger partial charge in [-0.05, 0) is 30.7 Å². The summed E-state index contributed by atoms with van der Waals surface area (Å²) in [6, 6.07) is 11.9. The zero-order valence-electron chi connectivity index (χ0n) is 15.1. The summed E-state index contributed by atoms with van der Waals surface area (Å²) in [5.74, 6) is 0.817. The molecule has 0 bridgehead atoms. The summed E-state index contributed by atoms with van der Waals surface area (Å²) in [4.78, 5) is 11.1. The number of hydrogen-bond donors (Lipinski definition) is 0. The van der Waals surface area contributed by atoms with Crippen LogP contribution >= 0.6 is 0 Å². The van der Waals surface area contributed by atoms with E-state index in [4.69, 9.17) is 4.74 Å². The molecular formula is C20H23FN4O. The highest BCUT2D eigenvalue weighted by atomic mass is 19.1. The van der Waals surface area contributed by atoms with Crippen molar-refractivity contribution in [3.8, 4) is 0 Å². The molecule has 6 heteroatoms. The molecule has 2 aromatic heterocycles. The first kappa shape index (κ1) is 17.1. The van der Waals surface area contributed by atoms with Crippen LogP contribution in [0.1, 0.15) is 17.1 Å². The van der Waals surface area contributed by atoms with Crippen molar-refractivity contribution in [2.24, 2.45) is 7.05 Å². The lowest BCUT2D eigenvalue weighted by atomic mass is 10.2. The van der Waals surface area contributed by atoms with Gasteiger partial charge in [0.2, 0.25) is 0 Å². The first-order valence-electron chi connectivity index (χ1n) is 8.90. The minimum atomic E-state index is -0.992. The van der Waals surface area contributed by atoms with Crippen molar-refractivity contribution >= 4 is 11.0 Å². The number of aromatic nitrogens is 3. The number of halogens is 1. The largest absolute Gasteiger partial charge is 0.366 e. The standard InChI is InChI=1S/C20H23FN4O/c1-14-6-5-9-22-17(14)11-25-10-15(21)19(12-25)26-13-20-23-16-7-3-4-8-18(16)24(20)2/h3-9,15,19H,10-13H2,1-2H3/t15-,19+/m1/s1. The van der Waals surface area contributed by atoms with Gasteiger partial charge in [-0.3, -0.25) is 9.88 Å². The molecule has 0 N–H and O–H groups in total. The molecule has 1 aliphatic heterocycles. The van der Waals surface area contributed by atoms with Gasteiger partial charge in [0.15, 0.2) is 0 Å². The van der Waals surface area contributed by atoms with E-state index in [-0.39, 0.29) is 0 Å². The van der Waals surface area contributed by atoms with E-state index >= 15 is 0 Å². The first-order chi connectivity index (χ1) is 12.6. The molecule has 0 saturated carbocycles. The average Bonchev–Trinajstić information content (AvgIpc) is 3.15. The number of rotatable bonds is 5. The number of nitrogens with zero attached hydrogens (tertiary/aromatic N) is 4. The second-order valence-electron chi connectivity index (χ2n) is 6.90. The number of hydrogen-bond acceptors (Lipinski definition) is 4. The number of para-hydroxylation sites is 2. The van der Waals surface area contributed by atoms with Gasteiger partial charge in [0.05, 0.1) is 16.7 Å². The van der Waals surface area contributed by atoms with Crippen molar-refractivity contribution in [1.82, 2.24) is 19.4 Å². The molecule has 5 nitrogen and oxygen atoms in total. The zero-order valence-corrected chi connectivity index (χ0v) is 15.1. The second-order valence-corrected chi connectivity index (χ2v) is 6.90. The third kappa shape index (κ3) is 3.34. The molecule has 1 aromatic carbocycles. The van der Waals surface area contributed by atoms with Gasteiger partial charge in [-0.1, -0.05) is 18.2 Å². The van der Waals surface area contributed by atoms with E-state index in [1.54, 1.807) is 6.20 Å². The van der Waals surface area contributed by atoms with Gasteiger partial charge in [0, 0.05) is 32.9 Å². The van der Waals surface area contributed by atoms with E-state index in [1.807, 2.05) is 54.9 Å². The minimum absolute atomic E-state index is 0.312. The number of pyridine rings is 1. The summed E-state index contributed by atoms with van der Waals surface area (Å²) in [7, 11) is 1.96. The zero-order chi connectivity index (χ0) is 18.1. The maximum Gasteiger partial charge on any atom is 0.140 e. The van der Waals surface area contributed by atoms with Crippen LogP contribution < -0.4 is 0 Å². The van der Waals surface area contributed by atoms with Crippen molar-refractivity contribution in [3.63, 3.8) is 0 Å². The molecule has 0 spiro atoms. The molecule has 1 fully saturated rings. The second kappa shape index (κ2) is 7.13. The van der Waals surface area contributed by atoms with Crippen LogP contribution in [0.3, 0.4) is 0 Å². The van der Waals surface area contributed by atoms with E-state index < -0.39 is 12.3 Å². The van der Waals surface area contributed by atoms with Crippen LogP contribution in [0, 0.1) is 6.92 Å². The van der Waals surface area contributed by atoms with Crippen molar-refractivity contribution in [3.05, 3.63) is 59.7 Å². The molecule has 0 radical (unpaired) electrons. The molecule has 3 aromatic rings. The van der Waals surface area contributed by atoms with Gasteiger partial charge >= 0.3 is 0 Å². The molecule has 4 rings (SSSR count). The van der Waals surface area contributed by atoms with Gasteiger partial charge in [0.1, 0.15) is 24.7 Å². The maximum atomic E-state index is 14.4. The van der Waals surface area contributed by atoms with E-state index in [9.17, 15) is 4.39 Å². The Balaban J connectivity index is 1.39. The summed E-state index contributed by atoms with van der Waals surface area (Å²) in [5, 5.41) is 0. The Hall–Kier alpha value is -2.31. The molecule has 136 valence electrons. The smallest absolute Gasteiger partial charge is 0.140 e. The quantitative estimate of drug-likeness (QED) is 0.706. The van der Waals surface area contributed by atoms with Crippen molar-refractivity contribution in [2.75, 3.05) is 13.1 Å². The Morgan fingerprint density at radius 3 is 2.85 bits per heavy atom. The minimum Gasteiger partial charge on any atom is -0.366 e. The van der Waals surface area contributed by atoms with Gasteiger partial charge in [-0.15, -0.1) is 0 Å². The number of likely N-dealkylation sites (tertiary alicyclic amines) is 1. The third-order valence-corrected chi connectivity index (χ3v) is 5.07. The molecule has 2 atom stereocenters. The lowest BCUT2D eigenvalue weighted by Gasteiger charge is -2.16. The Bertz CT molecular complexity index is 910. The third-order valence-electron chi connectivity index (χ3n) is 5.07. The predicted octanol–water partition coefficient (Wildman–Crippen LogP) is 3.02. The summed E-state index contributed by atoms with van der Waals surface area (Å²) < 4.78 is 22.3. The van der Waals surface area contributed by atoms with Crippen LogP contribution in [-0.2, 0) is 24.9 Å². The lowest BCUT2D eigenvalue weighted by Crippen LogP contribution is -2.25. The Morgan fingerprint density at radius 1 is 1.19 bits per heavy atom. The number of ether oxygens (including phenoxy) is 1. The maximum absolute atomic E-state index is 14.4. The van der Waals surface area contributed by atoms with Crippen molar-refractivity contribution < 1.29 is 9.13 Å². The van der Waals surface area contributed by atoms with E-state index in [2.05, 4.69) is 14.9 Å². The van der Waals surface area contributed by atoms with Crippen LogP contribution in [0.25, 0.3) is 11.0 Å². The van der Waals surface area contributed by atoms with Crippen molar-refractivity contribution in [2.45, 2.75) is 32.4 Å². The molecule has 0 amide bonds. The van der Waals surface area contributed by atoms with Crippen LogP contribution in [0.15, 0.2) is 42.6 Å². The summed E-state index contributed by atoms with van der Waals surface area (Å²) in [6.45, 7) is 3.95. The highest BCUT2D eigenvalue weighted by Crippen LogP contribution is 2.22. The molecule has 1 aliphatic rings. The Kier molecular flexibility index (Phi) is 4.70. The van der Waals surface area contributed by atoms with E-state index in [0.717, 1.165) is 28.1 Å². The van der Waals surface area contributed by atoms with Gasteiger partial charge < -0.3 is 9.30 Å². The number of fused-ring (bicyclic) bond motifs is 1. The van der Waals surface area contributed by atoms with Crippen LogP contribution in [-0.4, -0.2) is 44.8 Å². The topological polar surface area (TPSA) is 43.2 Å². The van der Waals surface area contributed by atoms with Crippen LogP contribution in [0.4, 0.5) is 4.39 Å². The van der Waals surface area contributed by atoms with E-state index in [0.29, 0.717) is 26.2 Å². The van der Waals surface area contributed by atoms with Crippen LogP contribution in [0.5, 0.6) is 0 Å². The molecule has 1 saturated heterocycles. The fourth-order valence-corrected chi connectivity index (χ4v) is 3.50. The highest BCUT2D eigenvalue weighted by molar-refractivity contribution is 5.75. The Labute approximate surface area is 152 Å². The molecule has 0 unspecified atom stereocenters. The summed E-state index contributed by atoms with van der Waals surface area (Å²) in [6.07, 6.45) is 0.359. The first-order valence-corrected chi connectivity index (χ1v) is 8.90. The molecule has 3 heterocycles. The number of alkyl halides is 1. The summed E-state index contributed by atoms with van der Waals surface area (Å²) in [5.41, 5.74) is 4.12. The number of imidazole rings is 1. The molecule has 0 aliphatic carbocycles. The predicted molar refractivity (Wildman–Crippen MR) is 98.4 cm³/mol. The Morgan fingerprint density at radius 2 is 2.04 bits per heavy atom. The van der Waals surface area contributed by atoms with Gasteiger partial charge in [-0.2, -0.15) is 0 Å². The van der Waals surface area contributed by atoms with Crippen molar-refractivity contribution in [1.29, 1.82) is 0 Å². The van der Waals surface area contributed by atoms with Gasteiger partial charge in [0.25, 0.3) is 0 Å². The fourth-order valence-electron chi connectivity index (χ4n) is 3.50. The van der Waals surface area contributed by atoms with Crippen LogP contribution in [0.2, 0.25) is 0 Å². The summed E-state index contributed by atoms with van der Waals surface area (Å²) >= 11 is 0. The molecule has 26 heavy (non-hydrogen) atoms. The highest BCUT2D eigenvalue weighted by Gasteiger charge is 2.34. The van der Waals surface area contributed by atoms with E-state index in [1.165, 1.54) is 0 Å². The van der Waals surface area contributed by atoms with Gasteiger partial charge in [-0.25, -0.2) is 9.37 Å². The normalized spacial score (nSPS) is 20.9.